The highest BCUT2D eigenvalue weighted by molar-refractivity contribution is 7.80. The number of hydrogen-bond acceptors (Lipinski definition) is 3. The van der Waals surface area contributed by atoms with Crippen LogP contribution in [-0.4, -0.2) is 22.5 Å². The van der Waals surface area contributed by atoms with Gasteiger partial charge < -0.3 is 10.1 Å². The van der Waals surface area contributed by atoms with Crippen molar-refractivity contribution in [2.45, 2.75) is 13.5 Å². The normalized spacial score (nSPS) is 15.5. The monoisotopic (exact) mass is 406 g/mol. The fourth-order valence-electron chi connectivity index (χ4n) is 2.48. The SMILES string of the molecule is CCN1C(=O)/C(=C/c2ccc(OCc3ccc(Cl)c(Cl)c3)cc2)NC1=S. The van der Waals surface area contributed by atoms with Crippen molar-refractivity contribution in [2.75, 3.05) is 6.54 Å². The molecule has 134 valence electrons. The molecule has 1 fully saturated rings. The van der Waals surface area contributed by atoms with Crippen LogP contribution in [0.3, 0.4) is 0 Å². The maximum absolute atomic E-state index is 12.2. The molecule has 1 saturated heterocycles. The van der Waals surface area contributed by atoms with Gasteiger partial charge in [-0.25, -0.2) is 0 Å². The van der Waals surface area contributed by atoms with Gasteiger partial charge in [-0.3, -0.25) is 9.69 Å². The van der Waals surface area contributed by atoms with Crippen LogP contribution in [-0.2, 0) is 11.4 Å². The van der Waals surface area contributed by atoms with Crippen molar-refractivity contribution in [3.8, 4) is 5.75 Å². The third-order valence-corrected chi connectivity index (χ3v) is 4.92. The molecular weight excluding hydrogens is 391 g/mol. The van der Waals surface area contributed by atoms with E-state index < -0.39 is 0 Å². The van der Waals surface area contributed by atoms with E-state index in [1.807, 2.05) is 37.3 Å². The van der Waals surface area contributed by atoms with E-state index in [0.29, 0.717) is 34.0 Å². The fourth-order valence-corrected chi connectivity index (χ4v) is 3.12. The lowest BCUT2D eigenvalue weighted by Crippen LogP contribution is -2.30. The van der Waals surface area contributed by atoms with Crippen LogP contribution in [0.5, 0.6) is 5.75 Å². The summed E-state index contributed by atoms with van der Waals surface area (Å²) in [5.41, 5.74) is 2.28. The molecule has 0 aromatic heterocycles. The van der Waals surface area contributed by atoms with Crippen LogP contribution in [0.4, 0.5) is 0 Å². The van der Waals surface area contributed by atoms with Gasteiger partial charge in [-0.15, -0.1) is 0 Å². The quantitative estimate of drug-likeness (QED) is 0.579. The first-order chi connectivity index (χ1) is 12.5. The summed E-state index contributed by atoms with van der Waals surface area (Å²) in [5, 5.41) is 4.39. The predicted molar refractivity (Wildman–Crippen MR) is 108 cm³/mol. The first-order valence-electron chi connectivity index (χ1n) is 7.99. The number of nitrogens with zero attached hydrogens (tertiary/aromatic N) is 1. The largest absolute Gasteiger partial charge is 0.489 e. The maximum Gasteiger partial charge on any atom is 0.276 e. The Morgan fingerprint density at radius 1 is 1.15 bits per heavy atom. The molecule has 1 N–H and O–H groups in total. The Morgan fingerprint density at radius 3 is 2.50 bits per heavy atom. The Labute approximate surface area is 167 Å². The zero-order valence-electron chi connectivity index (χ0n) is 14.0. The predicted octanol–water partition coefficient (Wildman–Crippen LogP) is 4.65. The third kappa shape index (κ3) is 4.18. The van der Waals surface area contributed by atoms with Crippen LogP contribution >= 0.6 is 35.4 Å². The van der Waals surface area contributed by atoms with E-state index in [1.54, 1.807) is 18.2 Å². The number of carbonyl (C=O) groups is 1. The topological polar surface area (TPSA) is 41.6 Å². The summed E-state index contributed by atoms with van der Waals surface area (Å²) in [7, 11) is 0. The first-order valence-corrected chi connectivity index (χ1v) is 9.15. The van der Waals surface area contributed by atoms with Gasteiger partial charge in [0.15, 0.2) is 5.11 Å². The van der Waals surface area contributed by atoms with Gasteiger partial charge in [0.25, 0.3) is 5.91 Å². The molecule has 26 heavy (non-hydrogen) atoms. The minimum atomic E-state index is -0.113. The third-order valence-electron chi connectivity index (χ3n) is 3.86. The highest BCUT2D eigenvalue weighted by Crippen LogP contribution is 2.24. The van der Waals surface area contributed by atoms with E-state index in [1.165, 1.54) is 4.90 Å². The molecule has 3 rings (SSSR count). The Morgan fingerprint density at radius 2 is 1.88 bits per heavy atom. The number of likely N-dealkylation sites (N-methyl/N-ethyl adjacent to an activating group) is 1. The van der Waals surface area contributed by atoms with Crippen molar-refractivity contribution in [2.24, 2.45) is 0 Å². The van der Waals surface area contributed by atoms with Crippen molar-refractivity contribution in [1.29, 1.82) is 0 Å². The lowest BCUT2D eigenvalue weighted by molar-refractivity contribution is -0.122. The van der Waals surface area contributed by atoms with Gasteiger partial charge in [-0.2, -0.15) is 0 Å². The van der Waals surface area contributed by atoms with E-state index in [9.17, 15) is 4.79 Å². The molecule has 1 aliphatic rings. The Bertz CT molecular complexity index is 882. The molecule has 0 radical (unpaired) electrons. The lowest BCUT2D eigenvalue weighted by Gasteiger charge is -2.09. The van der Waals surface area contributed by atoms with Crippen molar-refractivity contribution < 1.29 is 9.53 Å². The number of ether oxygens (including phenoxy) is 1. The van der Waals surface area contributed by atoms with Crippen molar-refractivity contribution >= 4 is 52.5 Å². The molecule has 7 heteroatoms. The van der Waals surface area contributed by atoms with Gasteiger partial charge in [-0.1, -0.05) is 41.4 Å². The van der Waals surface area contributed by atoms with Crippen LogP contribution in [0.1, 0.15) is 18.1 Å². The summed E-state index contributed by atoms with van der Waals surface area (Å²) in [4.78, 5) is 13.7. The highest BCUT2D eigenvalue weighted by atomic mass is 35.5. The summed E-state index contributed by atoms with van der Waals surface area (Å²) in [5.74, 6) is 0.604. The summed E-state index contributed by atoms with van der Waals surface area (Å²) < 4.78 is 5.75. The zero-order valence-corrected chi connectivity index (χ0v) is 16.3. The molecule has 1 amide bonds. The Hall–Kier alpha value is -2.08. The fraction of sp³-hybridized carbons (Fsp3) is 0.158. The van der Waals surface area contributed by atoms with Crippen LogP contribution in [0, 0.1) is 0 Å². The number of hydrogen-bond donors (Lipinski definition) is 1. The average Bonchev–Trinajstić information content (AvgIpc) is 2.90. The van der Waals surface area contributed by atoms with Gasteiger partial charge in [-0.05, 0) is 60.6 Å². The number of amides is 1. The molecule has 1 aliphatic heterocycles. The molecule has 0 saturated carbocycles. The van der Waals surface area contributed by atoms with E-state index in [0.717, 1.165) is 16.9 Å². The highest BCUT2D eigenvalue weighted by Gasteiger charge is 2.28. The number of rotatable bonds is 5. The second-order valence-electron chi connectivity index (χ2n) is 5.64. The second-order valence-corrected chi connectivity index (χ2v) is 6.84. The standard InChI is InChI=1S/C19H16Cl2N2O2S/c1-2-23-18(24)17(22-19(23)26)10-12-3-6-14(7-4-12)25-11-13-5-8-15(20)16(21)9-13/h3-10H,2,11H2,1H3,(H,22,26)/b17-10-. The minimum Gasteiger partial charge on any atom is -0.489 e. The molecule has 0 spiro atoms. The first kappa shape index (κ1) is 18.7. The van der Waals surface area contributed by atoms with E-state index in [4.69, 9.17) is 40.2 Å². The number of halogens is 2. The van der Waals surface area contributed by atoms with Gasteiger partial charge in [0.2, 0.25) is 0 Å². The lowest BCUT2D eigenvalue weighted by atomic mass is 10.2. The van der Waals surface area contributed by atoms with Crippen LogP contribution in [0.2, 0.25) is 10.0 Å². The molecule has 0 bridgehead atoms. The number of nitrogens with one attached hydrogen (secondary N) is 1. The van der Waals surface area contributed by atoms with Crippen molar-refractivity contribution in [3.63, 3.8) is 0 Å². The molecule has 2 aromatic carbocycles. The van der Waals surface area contributed by atoms with Gasteiger partial charge in [0.05, 0.1) is 10.0 Å². The van der Waals surface area contributed by atoms with Gasteiger partial charge in [0, 0.05) is 6.54 Å². The number of benzene rings is 2. The molecule has 1 heterocycles. The van der Waals surface area contributed by atoms with Crippen LogP contribution in [0.15, 0.2) is 48.2 Å². The molecule has 0 atom stereocenters. The van der Waals surface area contributed by atoms with Crippen LogP contribution < -0.4 is 10.1 Å². The molecule has 4 nitrogen and oxygen atoms in total. The van der Waals surface area contributed by atoms with Crippen molar-refractivity contribution in [1.82, 2.24) is 10.2 Å². The van der Waals surface area contributed by atoms with Gasteiger partial charge in [0.1, 0.15) is 18.1 Å². The minimum absolute atomic E-state index is 0.113. The Balaban J connectivity index is 1.65. The van der Waals surface area contributed by atoms with Gasteiger partial charge >= 0.3 is 0 Å². The van der Waals surface area contributed by atoms with E-state index >= 15 is 0 Å². The maximum atomic E-state index is 12.2. The molecular formula is C19H16Cl2N2O2S. The van der Waals surface area contributed by atoms with E-state index in [2.05, 4.69) is 5.32 Å². The molecule has 2 aromatic rings. The summed E-state index contributed by atoms with van der Waals surface area (Å²) in [6.45, 7) is 2.81. The second kappa shape index (κ2) is 8.08. The zero-order chi connectivity index (χ0) is 18.7. The summed E-state index contributed by atoms with van der Waals surface area (Å²) >= 11 is 17.0. The molecule has 0 unspecified atom stereocenters. The number of carbonyl (C=O) groups excluding carboxylic acids is 1. The molecule has 0 aliphatic carbocycles. The summed E-state index contributed by atoms with van der Waals surface area (Å²) in [6, 6.07) is 12.8. The smallest absolute Gasteiger partial charge is 0.276 e. The van der Waals surface area contributed by atoms with Crippen molar-refractivity contribution in [3.05, 3.63) is 69.3 Å². The van der Waals surface area contributed by atoms with Crippen LogP contribution in [0.25, 0.3) is 6.08 Å². The van der Waals surface area contributed by atoms with E-state index in [-0.39, 0.29) is 5.91 Å². The summed E-state index contributed by atoms with van der Waals surface area (Å²) in [6.07, 6.45) is 1.77. The number of thiocarbonyl (C=S) groups is 1. The average molecular weight is 407 g/mol. The Kier molecular flexibility index (Phi) is 5.81.